The van der Waals surface area contributed by atoms with Crippen LogP contribution in [0.25, 0.3) is 0 Å². The molecule has 0 saturated heterocycles. The number of amides is 1. The minimum absolute atomic E-state index is 0.109. The summed E-state index contributed by atoms with van der Waals surface area (Å²) in [5.74, 6) is 0.629. The number of rotatable bonds is 5. The fourth-order valence-corrected chi connectivity index (χ4v) is 1.60. The van der Waals surface area contributed by atoms with E-state index in [1.54, 1.807) is 0 Å². The second kappa shape index (κ2) is 6.62. The zero-order valence-electron chi connectivity index (χ0n) is 9.75. The Labute approximate surface area is 92.3 Å². The topological polar surface area (TPSA) is 41.1 Å². The molecule has 2 N–H and O–H groups in total. The lowest BCUT2D eigenvalue weighted by Crippen LogP contribution is -2.40. The fraction of sp³-hybridized carbons (Fsp3) is 0.750. The highest BCUT2D eigenvalue weighted by atomic mass is 16.1. The third-order valence-corrected chi connectivity index (χ3v) is 2.53. The summed E-state index contributed by atoms with van der Waals surface area (Å²) in [4.78, 5) is 11.4. The highest BCUT2D eigenvalue weighted by Crippen LogP contribution is 2.09. The van der Waals surface area contributed by atoms with Gasteiger partial charge < -0.3 is 10.6 Å². The number of carbonyl (C=O) groups excluding carboxylic acids is 1. The number of hydrogen-bond donors (Lipinski definition) is 2. The van der Waals surface area contributed by atoms with E-state index in [4.69, 9.17) is 0 Å². The van der Waals surface area contributed by atoms with Gasteiger partial charge in [0.2, 0.25) is 5.91 Å². The second-order valence-corrected chi connectivity index (χ2v) is 4.56. The lowest BCUT2D eigenvalue weighted by Gasteiger charge is -2.19. The average molecular weight is 210 g/mol. The summed E-state index contributed by atoms with van der Waals surface area (Å²) >= 11 is 0. The summed E-state index contributed by atoms with van der Waals surface area (Å²) in [6, 6.07) is 0.486. The third kappa shape index (κ3) is 5.57. The number of allylic oxidation sites excluding steroid dienone is 1. The average Bonchev–Trinajstić information content (AvgIpc) is 2.25. The first kappa shape index (κ1) is 12.2. The highest BCUT2D eigenvalue weighted by Gasteiger charge is 2.10. The zero-order chi connectivity index (χ0) is 11.1. The molecule has 0 radical (unpaired) electrons. The first-order valence-corrected chi connectivity index (χ1v) is 5.83. The molecule has 0 fully saturated rings. The molecule has 15 heavy (non-hydrogen) atoms. The largest absolute Gasteiger partial charge is 0.355 e. The van der Waals surface area contributed by atoms with E-state index in [-0.39, 0.29) is 5.91 Å². The lowest BCUT2D eigenvalue weighted by molar-refractivity contribution is -0.120. The molecule has 0 spiro atoms. The fourth-order valence-electron chi connectivity index (χ4n) is 1.60. The Kier molecular flexibility index (Phi) is 5.40. The van der Waals surface area contributed by atoms with E-state index in [2.05, 4.69) is 36.6 Å². The first-order valence-electron chi connectivity index (χ1n) is 5.83. The van der Waals surface area contributed by atoms with Gasteiger partial charge in [0.15, 0.2) is 0 Å². The molecule has 1 atom stereocenters. The van der Waals surface area contributed by atoms with Crippen LogP contribution in [0.5, 0.6) is 0 Å². The molecule has 0 heterocycles. The molecule has 1 amide bonds. The standard InChI is InChI=1S/C12H22N2O/c1-10(2)8-14-12(15)9-13-11-6-4-3-5-7-11/h3-4,10-11,13H,5-9H2,1-2H3,(H,14,15). The molecule has 1 rings (SSSR count). The monoisotopic (exact) mass is 210 g/mol. The molecule has 1 aliphatic carbocycles. The Morgan fingerprint density at radius 3 is 2.87 bits per heavy atom. The van der Waals surface area contributed by atoms with Crippen molar-refractivity contribution in [2.75, 3.05) is 13.1 Å². The van der Waals surface area contributed by atoms with Gasteiger partial charge >= 0.3 is 0 Å². The predicted molar refractivity (Wildman–Crippen MR) is 62.6 cm³/mol. The molecule has 0 aromatic rings. The van der Waals surface area contributed by atoms with Crippen molar-refractivity contribution in [3.63, 3.8) is 0 Å². The number of carbonyl (C=O) groups is 1. The molecule has 0 saturated carbocycles. The third-order valence-electron chi connectivity index (χ3n) is 2.53. The van der Waals surface area contributed by atoms with Gasteiger partial charge in [-0.15, -0.1) is 0 Å². The summed E-state index contributed by atoms with van der Waals surface area (Å²) in [5, 5.41) is 6.18. The van der Waals surface area contributed by atoms with Crippen LogP contribution in [-0.4, -0.2) is 25.0 Å². The van der Waals surface area contributed by atoms with E-state index in [0.29, 0.717) is 18.5 Å². The summed E-state index contributed by atoms with van der Waals surface area (Å²) in [6.07, 6.45) is 7.72. The molecular formula is C12H22N2O. The Balaban J connectivity index is 2.08. The molecule has 0 aliphatic heterocycles. The van der Waals surface area contributed by atoms with E-state index in [1.807, 2.05) is 0 Å². The van der Waals surface area contributed by atoms with Crippen LogP contribution in [0.2, 0.25) is 0 Å². The van der Waals surface area contributed by atoms with Gasteiger partial charge in [0, 0.05) is 12.6 Å². The van der Waals surface area contributed by atoms with Crippen LogP contribution in [0.1, 0.15) is 33.1 Å². The molecule has 1 unspecified atom stereocenters. The van der Waals surface area contributed by atoms with Crippen molar-refractivity contribution >= 4 is 5.91 Å². The van der Waals surface area contributed by atoms with Crippen LogP contribution in [0.3, 0.4) is 0 Å². The maximum atomic E-state index is 11.4. The maximum Gasteiger partial charge on any atom is 0.233 e. The highest BCUT2D eigenvalue weighted by molar-refractivity contribution is 5.77. The Bertz CT molecular complexity index is 224. The van der Waals surface area contributed by atoms with Gasteiger partial charge in [-0.2, -0.15) is 0 Å². The van der Waals surface area contributed by atoms with Crippen molar-refractivity contribution in [2.24, 2.45) is 5.92 Å². The lowest BCUT2D eigenvalue weighted by atomic mass is 10.0. The van der Waals surface area contributed by atoms with Gasteiger partial charge in [-0.25, -0.2) is 0 Å². The van der Waals surface area contributed by atoms with Gasteiger partial charge in [-0.1, -0.05) is 26.0 Å². The maximum absolute atomic E-state index is 11.4. The van der Waals surface area contributed by atoms with Crippen molar-refractivity contribution in [3.05, 3.63) is 12.2 Å². The van der Waals surface area contributed by atoms with E-state index in [9.17, 15) is 4.79 Å². The minimum atomic E-state index is 0.109. The number of hydrogen-bond acceptors (Lipinski definition) is 2. The SMILES string of the molecule is CC(C)CNC(=O)CNC1CC=CCC1. The zero-order valence-corrected chi connectivity index (χ0v) is 9.75. The predicted octanol–water partition coefficient (Wildman–Crippen LogP) is 1.46. The van der Waals surface area contributed by atoms with Crippen molar-refractivity contribution < 1.29 is 4.79 Å². The van der Waals surface area contributed by atoms with Crippen LogP contribution in [-0.2, 0) is 4.79 Å². The smallest absolute Gasteiger partial charge is 0.233 e. The molecule has 3 nitrogen and oxygen atoms in total. The van der Waals surface area contributed by atoms with Crippen LogP contribution in [0, 0.1) is 5.92 Å². The molecule has 0 bridgehead atoms. The van der Waals surface area contributed by atoms with Crippen molar-refractivity contribution in [2.45, 2.75) is 39.2 Å². The summed E-state index contributed by atoms with van der Waals surface area (Å²) in [7, 11) is 0. The van der Waals surface area contributed by atoms with Crippen molar-refractivity contribution in [1.82, 2.24) is 10.6 Å². The van der Waals surface area contributed by atoms with E-state index < -0.39 is 0 Å². The minimum Gasteiger partial charge on any atom is -0.355 e. The van der Waals surface area contributed by atoms with Crippen LogP contribution in [0.15, 0.2) is 12.2 Å². The van der Waals surface area contributed by atoms with Gasteiger partial charge in [0.05, 0.1) is 6.54 Å². The Hall–Kier alpha value is -0.830. The molecular weight excluding hydrogens is 188 g/mol. The van der Waals surface area contributed by atoms with Crippen molar-refractivity contribution in [1.29, 1.82) is 0 Å². The van der Waals surface area contributed by atoms with Crippen LogP contribution < -0.4 is 10.6 Å². The molecule has 86 valence electrons. The summed E-state index contributed by atoms with van der Waals surface area (Å²) < 4.78 is 0. The number of nitrogens with one attached hydrogen (secondary N) is 2. The molecule has 0 aromatic carbocycles. The van der Waals surface area contributed by atoms with Crippen LogP contribution in [0.4, 0.5) is 0 Å². The van der Waals surface area contributed by atoms with Gasteiger partial charge in [0.25, 0.3) is 0 Å². The Morgan fingerprint density at radius 1 is 1.47 bits per heavy atom. The molecule has 0 aromatic heterocycles. The molecule has 3 heteroatoms. The summed E-state index contributed by atoms with van der Waals surface area (Å²) in [5.41, 5.74) is 0. The first-order chi connectivity index (χ1) is 7.18. The van der Waals surface area contributed by atoms with E-state index in [1.165, 1.54) is 0 Å². The molecule has 1 aliphatic rings. The van der Waals surface area contributed by atoms with E-state index >= 15 is 0 Å². The normalized spacial score (nSPS) is 20.6. The van der Waals surface area contributed by atoms with Gasteiger partial charge in [0.1, 0.15) is 0 Å². The summed E-state index contributed by atoms with van der Waals surface area (Å²) in [6.45, 7) is 5.41. The quantitative estimate of drug-likeness (QED) is 0.674. The van der Waals surface area contributed by atoms with E-state index in [0.717, 1.165) is 25.8 Å². The van der Waals surface area contributed by atoms with Gasteiger partial charge in [-0.3, -0.25) is 4.79 Å². The van der Waals surface area contributed by atoms with Crippen molar-refractivity contribution in [3.8, 4) is 0 Å². The Morgan fingerprint density at radius 2 is 2.27 bits per heavy atom. The van der Waals surface area contributed by atoms with Gasteiger partial charge in [-0.05, 0) is 25.2 Å². The van der Waals surface area contributed by atoms with Crippen LogP contribution >= 0.6 is 0 Å². The second-order valence-electron chi connectivity index (χ2n) is 4.56.